The standard InChI is InChI=1S/C13H16N4O2S/c14-8-10-3-4-11(9-15-10)20(18,19)16-12-5-7-17-6-1-2-13(12)17/h3-4,9,12-13,16H,1-2,5-7H2. The second-order valence-corrected chi connectivity index (χ2v) is 6.97. The molecule has 0 amide bonds. The summed E-state index contributed by atoms with van der Waals surface area (Å²) in [5.74, 6) is 0. The first kappa shape index (κ1) is 13.5. The minimum atomic E-state index is -3.56. The molecule has 0 radical (unpaired) electrons. The van der Waals surface area contributed by atoms with Crippen molar-refractivity contribution in [3.8, 4) is 6.07 Å². The van der Waals surface area contributed by atoms with Gasteiger partial charge in [0.25, 0.3) is 0 Å². The monoisotopic (exact) mass is 292 g/mol. The third-order valence-electron chi connectivity index (χ3n) is 4.07. The third-order valence-corrected chi connectivity index (χ3v) is 5.55. The zero-order chi connectivity index (χ0) is 14.2. The Labute approximate surface area is 118 Å². The second kappa shape index (κ2) is 5.13. The molecular formula is C13H16N4O2S. The number of nitrogens with one attached hydrogen (secondary N) is 1. The molecular weight excluding hydrogens is 276 g/mol. The normalized spacial score (nSPS) is 26.4. The summed E-state index contributed by atoms with van der Waals surface area (Å²) >= 11 is 0. The van der Waals surface area contributed by atoms with E-state index < -0.39 is 10.0 Å². The fourth-order valence-corrected chi connectivity index (χ4v) is 4.34. The molecule has 0 bridgehead atoms. The summed E-state index contributed by atoms with van der Waals surface area (Å²) in [6.07, 6.45) is 4.29. The van der Waals surface area contributed by atoms with Crippen LogP contribution in [-0.4, -0.2) is 43.5 Å². The molecule has 0 aliphatic carbocycles. The van der Waals surface area contributed by atoms with Crippen LogP contribution in [0.2, 0.25) is 0 Å². The molecule has 20 heavy (non-hydrogen) atoms. The SMILES string of the molecule is N#Cc1ccc(S(=O)(=O)NC2CCN3CCCC23)cn1. The number of sulfonamides is 1. The summed E-state index contributed by atoms with van der Waals surface area (Å²) in [6.45, 7) is 2.03. The number of nitrogens with zero attached hydrogens (tertiary/aromatic N) is 3. The Hall–Kier alpha value is -1.49. The Morgan fingerprint density at radius 1 is 1.35 bits per heavy atom. The lowest BCUT2D eigenvalue weighted by atomic mass is 10.1. The Balaban J connectivity index is 1.76. The molecule has 7 heteroatoms. The summed E-state index contributed by atoms with van der Waals surface area (Å²) in [5, 5.41) is 8.68. The Morgan fingerprint density at radius 2 is 2.20 bits per heavy atom. The fourth-order valence-electron chi connectivity index (χ4n) is 3.09. The molecule has 3 heterocycles. The number of rotatable bonds is 3. The molecule has 2 fully saturated rings. The maximum Gasteiger partial charge on any atom is 0.242 e. The quantitative estimate of drug-likeness (QED) is 0.875. The molecule has 1 aromatic rings. The van der Waals surface area contributed by atoms with Gasteiger partial charge in [-0.1, -0.05) is 0 Å². The molecule has 0 saturated carbocycles. The van der Waals surface area contributed by atoms with E-state index in [1.807, 2.05) is 6.07 Å². The highest BCUT2D eigenvalue weighted by Crippen LogP contribution is 2.28. The van der Waals surface area contributed by atoms with Gasteiger partial charge in [-0.25, -0.2) is 18.1 Å². The number of hydrogen-bond acceptors (Lipinski definition) is 5. The first-order valence-electron chi connectivity index (χ1n) is 6.73. The first-order valence-corrected chi connectivity index (χ1v) is 8.21. The van der Waals surface area contributed by atoms with Gasteiger partial charge in [0, 0.05) is 24.8 Å². The van der Waals surface area contributed by atoms with Crippen LogP contribution >= 0.6 is 0 Å². The van der Waals surface area contributed by atoms with Crippen molar-refractivity contribution < 1.29 is 8.42 Å². The average molecular weight is 292 g/mol. The number of hydrogen-bond donors (Lipinski definition) is 1. The van der Waals surface area contributed by atoms with Crippen LogP contribution in [0.3, 0.4) is 0 Å². The number of nitriles is 1. The Morgan fingerprint density at radius 3 is 2.90 bits per heavy atom. The Kier molecular flexibility index (Phi) is 3.46. The molecule has 2 atom stereocenters. The van der Waals surface area contributed by atoms with Crippen molar-refractivity contribution in [2.24, 2.45) is 0 Å². The summed E-state index contributed by atoms with van der Waals surface area (Å²) in [6, 6.07) is 5.04. The molecule has 2 aliphatic rings. The lowest BCUT2D eigenvalue weighted by molar-refractivity contribution is 0.309. The van der Waals surface area contributed by atoms with E-state index in [9.17, 15) is 8.42 Å². The highest BCUT2D eigenvalue weighted by Gasteiger charge is 2.39. The highest BCUT2D eigenvalue weighted by atomic mass is 32.2. The zero-order valence-electron chi connectivity index (χ0n) is 11.0. The molecule has 6 nitrogen and oxygen atoms in total. The summed E-state index contributed by atoms with van der Waals surface area (Å²) < 4.78 is 27.4. The van der Waals surface area contributed by atoms with Gasteiger partial charge in [-0.2, -0.15) is 5.26 Å². The minimum Gasteiger partial charge on any atom is -0.299 e. The van der Waals surface area contributed by atoms with Crippen molar-refractivity contribution in [2.75, 3.05) is 13.1 Å². The van der Waals surface area contributed by atoms with Crippen molar-refractivity contribution >= 4 is 10.0 Å². The lowest BCUT2D eigenvalue weighted by Crippen LogP contribution is -2.42. The Bertz CT molecular complexity index is 635. The van der Waals surface area contributed by atoms with E-state index in [0.29, 0.717) is 6.04 Å². The second-order valence-electron chi connectivity index (χ2n) is 5.25. The predicted molar refractivity (Wildman–Crippen MR) is 72.3 cm³/mol. The van der Waals surface area contributed by atoms with E-state index in [-0.39, 0.29) is 16.6 Å². The van der Waals surface area contributed by atoms with Gasteiger partial charge in [0.1, 0.15) is 16.7 Å². The van der Waals surface area contributed by atoms with Crippen molar-refractivity contribution in [3.63, 3.8) is 0 Å². The van der Waals surface area contributed by atoms with Crippen LogP contribution in [-0.2, 0) is 10.0 Å². The molecule has 1 aromatic heterocycles. The predicted octanol–water partition coefficient (Wildman–Crippen LogP) is 0.468. The van der Waals surface area contributed by atoms with Gasteiger partial charge < -0.3 is 0 Å². The van der Waals surface area contributed by atoms with Gasteiger partial charge in [0.05, 0.1) is 0 Å². The van der Waals surface area contributed by atoms with Gasteiger partial charge >= 0.3 is 0 Å². The van der Waals surface area contributed by atoms with Crippen molar-refractivity contribution in [1.82, 2.24) is 14.6 Å². The maximum atomic E-state index is 12.3. The smallest absolute Gasteiger partial charge is 0.242 e. The summed E-state index contributed by atoms with van der Waals surface area (Å²) in [4.78, 5) is 6.28. The van der Waals surface area contributed by atoms with Crippen molar-refractivity contribution in [1.29, 1.82) is 5.26 Å². The van der Waals surface area contributed by atoms with E-state index in [1.54, 1.807) is 0 Å². The minimum absolute atomic E-state index is 0.0156. The van der Waals surface area contributed by atoms with Gasteiger partial charge in [0.15, 0.2) is 0 Å². The first-order chi connectivity index (χ1) is 9.60. The van der Waals surface area contributed by atoms with Crippen LogP contribution in [0.4, 0.5) is 0 Å². The molecule has 0 aromatic carbocycles. The van der Waals surface area contributed by atoms with Gasteiger partial charge in [0.2, 0.25) is 10.0 Å². The third kappa shape index (κ3) is 2.42. The van der Waals surface area contributed by atoms with Crippen LogP contribution in [0.1, 0.15) is 25.0 Å². The lowest BCUT2D eigenvalue weighted by Gasteiger charge is -2.21. The largest absolute Gasteiger partial charge is 0.299 e. The number of pyridine rings is 1. The number of fused-ring (bicyclic) bond motifs is 1. The van der Waals surface area contributed by atoms with Gasteiger partial charge in [-0.15, -0.1) is 0 Å². The van der Waals surface area contributed by atoms with E-state index in [4.69, 9.17) is 5.26 Å². The number of aromatic nitrogens is 1. The molecule has 1 N–H and O–H groups in total. The van der Waals surface area contributed by atoms with E-state index in [0.717, 1.165) is 32.4 Å². The highest BCUT2D eigenvalue weighted by molar-refractivity contribution is 7.89. The van der Waals surface area contributed by atoms with Gasteiger partial charge in [-0.05, 0) is 37.9 Å². The van der Waals surface area contributed by atoms with Crippen LogP contribution in [0.25, 0.3) is 0 Å². The van der Waals surface area contributed by atoms with E-state index in [2.05, 4.69) is 14.6 Å². The fraction of sp³-hybridized carbons (Fsp3) is 0.538. The molecule has 3 rings (SSSR count). The average Bonchev–Trinajstić information content (AvgIpc) is 3.04. The van der Waals surface area contributed by atoms with Crippen LogP contribution in [0, 0.1) is 11.3 Å². The van der Waals surface area contributed by atoms with E-state index >= 15 is 0 Å². The van der Waals surface area contributed by atoms with Crippen LogP contribution < -0.4 is 4.72 Å². The molecule has 2 saturated heterocycles. The van der Waals surface area contributed by atoms with E-state index in [1.165, 1.54) is 18.3 Å². The van der Waals surface area contributed by atoms with Crippen molar-refractivity contribution in [3.05, 3.63) is 24.0 Å². The molecule has 2 aliphatic heterocycles. The van der Waals surface area contributed by atoms with Crippen LogP contribution in [0.15, 0.2) is 23.2 Å². The van der Waals surface area contributed by atoms with Crippen molar-refractivity contribution in [2.45, 2.75) is 36.2 Å². The topological polar surface area (TPSA) is 86.1 Å². The molecule has 0 spiro atoms. The maximum absolute atomic E-state index is 12.3. The molecule has 106 valence electrons. The summed E-state index contributed by atoms with van der Waals surface area (Å²) in [7, 11) is -3.56. The van der Waals surface area contributed by atoms with Crippen LogP contribution in [0.5, 0.6) is 0 Å². The van der Waals surface area contributed by atoms with Gasteiger partial charge in [-0.3, -0.25) is 4.90 Å². The zero-order valence-corrected chi connectivity index (χ0v) is 11.8. The summed E-state index contributed by atoms with van der Waals surface area (Å²) in [5.41, 5.74) is 0.215. The molecule has 2 unspecified atom stereocenters.